The average Bonchev–Trinajstić information content (AvgIpc) is 3.18. The number of nitrogens with one attached hydrogen (secondary N) is 2. The number of rotatable bonds is 12. The number of anilines is 1. The lowest BCUT2D eigenvalue weighted by Crippen LogP contribution is -2.24. The molecule has 1 unspecified atom stereocenters. The topological polar surface area (TPSA) is 136 Å². The number of ketones is 1. The number of carbonyl (C=O) groups excluding carboxylic acids is 3. The SMILES string of the molecule is CCCCC(C)/C=C(C)/C=C(\C)C(=O)Nc1cc(/C=C/C=C/C=C/C(=O)NC2=C(O)CCC2=O)c(O)cc1O. The van der Waals surface area contributed by atoms with Gasteiger partial charge in [0, 0.05) is 36.1 Å². The van der Waals surface area contributed by atoms with Crippen molar-refractivity contribution in [1.29, 1.82) is 0 Å². The molecule has 1 aliphatic carbocycles. The summed E-state index contributed by atoms with van der Waals surface area (Å²) in [6.45, 7) is 7.96. The summed E-state index contributed by atoms with van der Waals surface area (Å²) in [7, 11) is 0. The molecule has 1 aromatic carbocycles. The minimum absolute atomic E-state index is 0.0616. The predicted octanol–water partition coefficient (Wildman–Crippen LogP) is 6.13. The van der Waals surface area contributed by atoms with Crippen LogP contribution >= 0.6 is 0 Å². The summed E-state index contributed by atoms with van der Waals surface area (Å²) in [6, 6.07) is 2.61. The lowest BCUT2D eigenvalue weighted by molar-refractivity contribution is -0.119. The Kier molecular flexibility index (Phi) is 12.0. The number of allylic oxidation sites excluding steroid dienone is 9. The number of benzene rings is 1. The van der Waals surface area contributed by atoms with Gasteiger partial charge in [-0.3, -0.25) is 14.4 Å². The molecule has 1 atom stereocenters. The van der Waals surface area contributed by atoms with E-state index in [4.69, 9.17) is 0 Å². The third kappa shape index (κ3) is 10.2. The van der Waals surface area contributed by atoms with Crippen molar-refractivity contribution in [3.05, 3.63) is 82.8 Å². The average molecular weight is 535 g/mol. The van der Waals surface area contributed by atoms with Gasteiger partial charge in [-0.2, -0.15) is 0 Å². The van der Waals surface area contributed by atoms with Crippen LogP contribution in [0.1, 0.15) is 65.4 Å². The Bertz CT molecular complexity index is 1260. The van der Waals surface area contributed by atoms with Crippen LogP contribution in [0.2, 0.25) is 0 Å². The van der Waals surface area contributed by atoms with Crippen LogP contribution in [0.3, 0.4) is 0 Å². The van der Waals surface area contributed by atoms with Gasteiger partial charge in [0.05, 0.1) is 5.69 Å². The number of phenolic OH excluding ortho intramolecular Hbond substituents is 2. The molecule has 1 aliphatic rings. The molecule has 0 aliphatic heterocycles. The molecule has 0 heterocycles. The smallest absolute Gasteiger partial charge is 0.251 e. The van der Waals surface area contributed by atoms with Gasteiger partial charge >= 0.3 is 0 Å². The summed E-state index contributed by atoms with van der Waals surface area (Å²) in [5.74, 6) is -1.35. The van der Waals surface area contributed by atoms with Gasteiger partial charge in [0.25, 0.3) is 5.91 Å². The van der Waals surface area contributed by atoms with Crippen molar-refractivity contribution >= 4 is 29.4 Å². The van der Waals surface area contributed by atoms with Gasteiger partial charge in [-0.1, -0.05) is 74.8 Å². The Morgan fingerprint density at radius 1 is 1.00 bits per heavy atom. The highest BCUT2D eigenvalue weighted by Gasteiger charge is 2.23. The van der Waals surface area contributed by atoms with Crippen LogP contribution in [0.25, 0.3) is 6.08 Å². The van der Waals surface area contributed by atoms with E-state index in [1.165, 1.54) is 18.2 Å². The van der Waals surface area contributed by atoms with Crippen molar-refractivity contribution in [2.24, 2.45) is 5.92 Å². The van der Waals surface area contributed by atoms with Crippen LogP contribution in [-0.4, -0.2) is 32.9 Å². The van der Waals surface area contributed by atoms with Gasteiger partial charge in [0.1, 0.15) is 23.0 Å². The van der Waals surface area contributed by atoms with Gasteiger partial charge < -0.3 is 26.0 Å². The molecule has 0 aromatic heterocycles. The van der Waals surface area contributed by atoms with Crippen LogP contribution in [0.15, 0.2) is 77.3 Å². The summed E-state index contributed by atoms with van der Waals surface area (Å²) in [5, 5.41) is 35.1. The molecular weight excluding hydrogens is 496 g/mol. The quantitative estimate of drug-likeness (QED) is 0.0947. The van der Waals surface area contributed by atoms with Gasteiger partial charge in [0.15, 0.2) is 5.78 Å². The minimum Gasteiger partial charge on any atom is -0.510 e. The summed E-state index contributed by atoms with van der Waals surface area (Å²) in [5.41, 5.74) is 1.93. The molecule has 0 saturated carbocycles. The van der Waals surface area contributed by atoms with E-state index in [-0.39, 0.29) is 53.2 Å². The van der Waals surface area contributed by atoms with E-state index in [0.717, 1.165) is 30.9 Å². The highest BCUT2D eigenvalue weighted by Crippen LogP contribution is 2.32. The zero-order chi connectivity index (χ0) is 28.9. The molecule has 39 heavy (non-hydrogen) atoms. The van der Waals surface area contributed by atoms with Crippen molar-refractivity contribution in [3.63, 3.8) is 0 Å². The summed E-state index contributed by atoms with van der Waals surface area (Å²) in [4.78, 5) is 36.2. The predicted molar refractivity (Wildman–Crippen MR) is 154 cm³/mol. The van der Waals surface area contributed by atoms with Crippen molar-refractivity contribution in [1.82, 2.24) is 5.32 Å². The van der Waals surface area contributed by atoms with Crippen LogP contribution < -0.4 is 10.6 Å². The van der Waals surface area contributed by atoms with Crippen LogP contribution in [0, 0.1) is 5.92 Å². The number of aromatic hydroxyl groups is 2. The lowest BCUT2D eigenvalue weighted by atomic mass is 10.0. The van der Waals surface area contributed by atoms with E-state index in [2.05, 4.69) is 30.6 Å². The minimum atomic E-state index is -0.543. The van der Waals surface area contributed by atoms with Crippen molar-refractivity contribution in [3.8, 4) is 11.5 Å². The van der Waals surface area contributed by atoms with Gasteiger partial charge in [-0.25, -0.2) is 0 Å². The normalized spacial score (nSPS) is 15.6. The maximum Gasteiger partial charge on any atom is 0.251 e. The van der Waals surface area contributed by atoms with E-state index < -0.39 is 5.91 Å². The summed E-state index contributed by atoms with van der Waals surface area (Å²) >= 11 is 0. The van der Waals surface area contributed by atoms with Crippen molar-refractivity contribution in [2.75, 3.05) is 5.32 Å². The summed E-state index contributed by atoms with van der Waals surface area (Å²) in [6.07, 6.45) is 16.8. The maximum absolute atomic E-state index is 12.7. The number of aliphatic hydroxyl groups excluding tert-OH is 1. The fourth-order valence-electron chi connectivity index (χ4n) is 3.94. The highest BCUT2D eigenvalue weighted by molar-refractivity contribution is 6.05. The lowest BCUT2D eigenvalue weighted by Gasteiger charge is -2.11. The first kappa shape index (κ1) is 30.9. The first-order valence-corrected chi connectivity index (χ1v) is 13.0. The molecule has 5 N–H and O–H groups in total. The van der Waals surface area contributed by atoms with Gasteiger partial charge in [0.2, 0.25) is 5.91 Å². The Labute approximate surface area is 229 Å². The number of aliphatic hydroxyl groups is 1. The van der Waals surface area contributed by atoms with E-state index in [1.807, 2.05) is 6.92 Å². The second kappa shape index (κ2) is 15.2. The molecule has 8 nitrogen and oxygen atoms in total. The van der Waals surface area contributed by atoms with E-state index in [1.54, 1.807) is 37.3 Å². The highest BCUT2D eigenvalue weighted by atomic mass is 16.3. The molecule has 208 valence electrons. The third-order valence-electron chi connectivity index (χ3n) is 6.02. The Balaban J connectivity index is 2.01. The number of unbranched alkanes of at least 4 members (excludes halogenated alkanes) is 1. The first-order valence-electron chi connectivity index (χ1n) is 13.0. The molecule has 2 rings (SSSR count). The summed E-state index contributed by atoms with van der Waals surface area (Å²) < 4.78 is 0. The molecular formula is C31H38N2O6. The van der Waals surface area contributed by atoms with Crippen LogP contribution in [0.4, 0.5) is 5.69 Å². The molecule has 0 saturated heterocycles. The zero-order valence-electron chi connectivity index (χ0n) is 23.0. The fourth-order valence-corrected chi connectivity index (χ4v) is 3.94. The van der Waals surface area contributed by atoms with Crippen molar-refractivity contribution < 1.29 is 29.7 Å². The second-order valence-corrected chi connectivity index (χ2v) is 9.58. The van der Waals surface area contributed by atoms with E-state index in [9.17, 15) is 29.7 Å². The molecule has 0 fully saturated rings. The standard InChI is InChI=1S/C31H38N2O6/c1-5-6-11-20(2)16-21(3)17-22(4)31(39)32-24-18-23(27(36)19-28(24)37)12-9-7-8-10-13-29(38)33-30-25(34)14-15-26(30)35/h7-10,12-13,16-20,34,36-37H,5-6,11,14-15H2,1-4H3,(H,32,39)(H,33,38)/b8-7+,12-9+,13-10+,21-16+,22-17+. The number of hydrogen-bond acceptors (Lipinski definition) is 6. The Hall–Kier alpha value is -4.33. The second-order valence-electron chi connectivity index (χ2n) is 9.58. The van der Waals surface area contributed by atoms with Crippen molar-refractivity contribution in [2.45, 2.75) is 59.8 Å². The van der Waals surface area contributed by atoms with Gasteiger partial charge in [-0.15, -0.1) is 0 Å². The number of carbonyl (C=O) groups is 3. The maximum atomic E-state index is 12.7. The zero-order valence-corrected chi connectivity index (χ0v) is 23.0. The molecule has 0 spiro atoms. The number of phenols is 2. The monoisotopic (exact) mass is 534 g/mol. The van der Waals surface area contributed by atoms with Gasteiger partial charge in [-0.05, 0) is 32.3 Å². The molecule has 1 aromatic rings. The van der Waals surface area contributed by atoms with E-state index >= 15 is 0 Å². The Morgan fingerprint density at radius 3 is 2.38 bits per heavy atom. The fraction of sp³-hybridized carbons (Fsp3) is 0.323. The van der Waals surface area contributed by atoms with Crippen LogP contribution in [0.5, 0.6) is 11.5 Å². The first-order chi connectivity index (χ1) is 18.5. The molecule has 2 amide bonds. The number of amides is 2. The number of hydrogen-bond donors (Lipinski definition) is 5. The number of Topliss-reactive ketones (excluding diaryl/α,β-unsaturated/α-hetero) is 1. The molecule has 0 bridgehead atoms. The molecule has 0 radical (unpaired) electrons. The van der Waals surface area contributed by atoms with Crippen LogP contribution in [-0.2, 0) is 14.4 Å². The largest absolute Gasteiger partial charge is 0.510 e. The third-order valence-corrected chi connectivity index (χ3v) is 6.02. The molecule has 8 heteroatoms. The van der Waals surface area contributed by atoms with E-state index in [0.29, 0.717) is 17.1 Å². The Morgan fingerprint density at radius 2 is 1.72 bits per heavy atom.